The van der Waals surface area contributed by atoms with Crippen LogP contribution in [-0.2, 0) is 38.1 Å². The molecule has 15 atom stereocenters. The van der Waals surface area contributed by atoms with Crippen LogP contribution >= 0.6 is 0 Å². The molecule has 0 unspecified atom stereocenters. The molecule has 2 aromatic rings. The Morgan fingerprint density at radius 1 is 0.741 bits per heavy atom. The Morgan fingerprint density at radius 3 is 1.80 bits per heavy atom. The molecule has 300 valence electrons. The summed E-state index contributed by atoms with van der Waals surface area (Å²) in [6.45, 7) is 1.53. The van der Waals surface area contributed by atoms with Crippen molar-refractivity contribution in [3.8, 4) is 5.75 Å². The molecule has 54 heavy (non-hydrogen) atoms. The van der Waals surface area contributed by atoms with Crippen molar-refractivity contribution in [2.24, 2.45) is 0 Å². The normalized spacial score (nSPS) is 37.0. The highest BCUT2D eigenvalue weighted by Crippen LogP contribution is 2.34. The Kier molecular flexibility index (Phi) is 13.6. The van der Waals surface area contributed by atoms with Crippen LogP contribution < -0.4 is 26.3 Å². The summed E-state index contributed by atoms with van der Waals surface area (Å²) in [5.41, 5.74) is 0.244. The molecule has 0 bridgehead atoms. The molecule has 1 aromatic carbocycles. The van der Waals surface area contributed by atoms with Gasteiger partial charge in [0, 0.05) is 31.4 Å². The van der Waals surface area contributed by atoms with Crippen molar-refractivity contribution in [2.45, 2.75) is 113 Å². The molecular formula is C33H45N3O18. The number of carbonyl (C=O) groups is 3. The van der Waals surface area contributed by atoms with Crippen molar-refractivity contribution in [1.82, 2.24) is 16.0 Å². The first-order valence-corrected chi connectivity index (χ1v) is 17.0. The van der Waals surface area contributed by atoms with Crippen LogP contribution in [0.1, 0.15) is 19.4 Å². The van der Waals surface area contributed by atoms with Gasteiger partial charge in [0.1, 0.15) is 84.4 Å². The second-order valence-corrected chi connectivity index (χ2v) is 13.1. The number of amides is 3. The fourth-order valence-corrected chi connectivity index (χ4v) is 6.74. The van der Waals surface area contributed by atoms with Crippen LogP contribution in [0.2, 0.25) is 0 Å². The fourth-order valence-electron chi connectivity index (χ4n) is 6.74. The van der Waals surface area contributed by atoms with Crippen molar-refractivity contribution in [1.29, 1.82) is 0 Å². The summed E-state index contributed by atoms with van der Waals surface area (Å²) >= 11 is 0. The van der Waals surface area contributed by atoms with Gasteiger partial charge in [-0.3, -0.25) is 14.4 Å². The third-order valence-electron chi connectivity index (χ3n) is 9.34. The van der Waals surface area contributed by atoms with Crippen molar-refractivity contribution in [2.75, 3.05) is 19.8 Å². The van der Waals surface area contributed by atoms with Crippen molar-refractivity contribution in [3.63, 3.8) is 0 Å². The van der Waals surface area contributed by atoms with Gasteiger partial charge in [-0.2, -0.15) is 0 Å². The fraction of sp³-hybridized carbons (Fsp3) is 0.636. The molecule has 0 spiro atoms. The molecule has 3 amide bonds. The van der Waals surface area contributed by atoms with E-state index in [1.54, 1.807) is 13.0 Å². The highest BCUT2D eigenvalue weighted by atomic mass is 16.7. The summed E-state index contributed by atoms with van der Waals surface area (Å²) in [6, 6.07) is 1.54. The smallest absolute Gasteiger partial charge is 0.336 e. The lowest BCUT2D eigenvalue weighted by molar-refractivity contribution is -0.350. The summed E-state index contributed by atoms with van der Waals surface area (Å²) < 4.78 is 40.6. The molecule has 4 heterocycles. The molecule has 3 fully saturated rings. The first-order chi connectivity index (χ1) is 25.7. The average molecular weight is 772 g/mol. The largest absolute Gasteiger partial charge is 0.462 e. The second kappa shape index (κ2) is 17.7. The van der Waals surface area contributed by atoms with E-state index in [4.69, 9.17) is 32.8 Å². The number of carbonyl (C=O) groups excluding carboxylic acids is 3. The molecule has 1 aromatic heterocycles. The van der Waals surface area contributed by atoms with E-state index in [0.29, 0.717) is 10.9 Å². The Balaban J connectivity index is 1.38. The van der Waals surface area contributed by atoms with E-state index in [9.17, 15) is 54.9 Å². The molecule has 3 aliphatic heterocycles. The van der Waals surface area contributed by atoms with Crippen LogP contribution in [-0.4, -0.2) is 166 Å². The van der Waals surface area contributed by atoms with Crippen LogP contribution in [0.4, 0.5) is 0 Å². The van der Waals surface area contributed by atoms with Gasteiger partial charge in [0.25, 0.3) is 0 Å². The summed E-state index contributed by atoms with van der Waals surface area (Å²) in [7, 11) is 0. The molecule has 0 saturated carbocycles. The number of hydrogen-bond acceptors (Lipinski definition) is 18. The number of hydrogen-bond donors (Lipinski definition) is 10. The van der Waals surface area contributed by atoms with E-state index < -0.39 is 129 Å². The maximum atomic E-state index is 12.3. The first-order valence-electron chi connectivity index (χ1n) is 17.0. The molecule has 0 aliphatic carbocycles. The van der Waals surface area contributed by atoms with Gasteiger partial charge >= 0.3 is 5.63 Å². The van der Waals surface area contributed by atoms with E-state index in [1.165, 1.54) is 18.2 Å². The summed E-state index contributed by atoms with van der Waals surface area (Å²) in [4.78, 5) is 47.9. The highest BCUT2D eigenvalue weighted by Gasteiger charge is 2.54. The van der Waals surface area contributed by atoms with E-state index in [0.717, 1.165) is 13.8 Å². The minimum Gasteiger partial charge on any atom is -0.462 e. The molecule has 0 radical (unpaired) electrons. The van der Waals surface area contributed by atoms with Crippen LogP contribution in [0.3, 0.4) is 0 Å². The molecule has 3 aliphatic rings. The molecule has 10 N–H and O–H groups in total. The monoisotopic (exact) mass is 771 g/mol. The average Bonchev–Trinajstić information content (AvgIpc) is 3.12. The number of rotatable bonds is 13. The Hall–Kier alpha value is -3.84. The van der Waals surface area contributed by atoms with Crippen LogP contribution in [0.25, 0.3) is 11.0 Å². The SMILES string of the molecule is CC(=O)N[C@H]1[C@H](O[C@H]2[C@H](O)[C@@H](NC=O)[C@@H](Oc3ccc4c(C)cc(=O)oc4c3)O[C@@H]2CO)O[C@H](CO)[C@@H](O[C@@H]2O[C@H](CO)[C@@H](O)[C@H](O)[C@H]2NC(C)=O)[C@@H]1O. The van der Waals surface area contributed by atoms with Gasteiger partial charge in [-0.15, -0.1) is 0 Å². The Labute approximate surface area is 306 Å². The second-order valence-electron chi connectivity index (χ2n) is 13.1. The van der Waals surface area contributed by atoms with Gasteiger partial charge in [0.2, 0.25) is 24.5 Å². The quantitative estimate of drug-likeness (QED) is 0.0673. The maximum absolute atomic E-state index is 12.3. The van der Waals surface area contributed by atoms with Crippen molar-refractivity contribution in [3.05, 3.63) is 40.2 Å². The standard InChI is InChI=1S/C33H45N3O18/c1-12-6-21(43)49-17-7-15(4-5-16(12)17)48-31-22(34-11-40)27(46)29(19(9-38)51-31)53-33-24(36-14(3)42)28(47)30(20(10-39)52-33)54-32-23(35-13(2)41)26(45)25(44)18(8-37)50-32/h4-7,11,18-20,22-33,37-39,44-47H,8-10H2,1-3H3,(H,34,40)(H,35,41)(H,36,42)/t18-,19-,20-,22-,23-,24-,25-,26-,27-,28-,29-,30-,31+,32+,33+/m1/s1. The lowest BCUT2D eigenvalue weighted by Crippen LogP contribution is -2.71. The van der Waals surface area contributed by atoms with Gasteiger partial charge in [-0.1, -0.05) is 0 Å². The van der Waals surface area contributed by atoms with Crippen LogP contribution in [0.5, 0.6) is 5.75 Å². The zero-order valence-corrected chi connectivity index (χ0v) is 29.3. The van der Waals surface area contributed by atoms with Crippen molar-refractivity contribution < 1.29 is 83.0 Å². The van der Waals surface area contributed by atoms with Crippen LogP contribution in [0, 0.1) is 6.92 Å². The predicted octanol–water partition coefficient (Wildman–Crippen LogP) is -5.03. The molecule has 5 rings (SSSR count). The van der Waals surface area contributed by atoms with Gasteiger partial charge in [-0.05, 0) is 24.6 Å². The molecular weight excluding hydrogens is 726 g/mol. The highest BCUT2D eigenvalue weighted by molar-refractivity contribution is 5.81. The van der Waals surface area contributed by atoms with Gasteiger partial charge in [0.15, 0.2) is 12.6 Å². The van der Waals surface area contributed by atoms with Gasteiger partial charge in [-0.25, -0.2) is 4.79 Å². The summed E-state index contributed by atoms with van der Waals surface area (Å²) in [6.07, 6.45) is -18.8. The Bertz CT molecular complexity index is 1680. The minimum absolute atomic E-state index is 0.110. The number of ether oxygens (including phenoxy) is 6. The lowest BCUT2D eigenvalue weighted by atomic mass is 9.93. The number of aryl methyl sites for hydroxylation is 1. The third kappa shape index (κ3) is 8.83. The number of benzene rings is 1. The number of aliphatic hydroxyl groups is 7. The topological polar surface area (TPSA) is 314 Å². The lowest BCUT2D eigenvalue weighted by Gasteiger charge is -2.50. The maximum Gasteiger partial charge on any atom is 0.336 e. The van der Waals surface area contributed by atoms with Gasteiger partial charge < -0.3 is 84.5 Å². The van der Waals surface area contributed by atoms with Crippen molar-refractivity contribution >= 4 is 29.2 Å². The van der Waals surface area contributed by atoms with E-state index >= 15 is 0 Å². The number of nitrogens with one attached hydrogen (secondary N) is 3. The predicted molar refractivity (Wildman–Crippen MR) is 177 cm³/mol. The van der Waals surface area contributed by atoms with E-state index in [2.05, 4.69) is 16.0 Å². The van der Waals surface area contributed by atoms with Gasteiger partial charge in [0.05, 0.1) is 19.8 Å². The zero-order chi connectivity index (χ0) is 39.4. The third-order valence-corrected chi connectivity index (χ3v) is 9.34. The number of aliphatic hydroxyl groups excluding tert-OH is 7. The Morgan fingerprint density at radius 2 is 1.26 bits per heavy atom. The number of fused-ring (bicyclic) bond motifs is 1. The summed E-state index contributed by atoms with van der Waals surface area (Å²) in [5.74, 6) is -1.24. The summed E-state index contributed by atoms with van der Waals surface area (Å²) in [5, 5.41) is 82.4. The minimum atomic E-state index is -1.81. The van der Waals surface area contributed by atoms with E-state index in [1.807, 2.05) is 0 Å². The van der Waals surface area contributed by atoms with Crippen LogP contribution in [0.15, 0.2) is 33.5 Å². The zero-order valence-electron chi connectivity index (χ0n) is 29.3. The molecule has 3 saturated heterocycles. The molecule has 21 heteroatoms. The first kappa shape index (κ1) is 41.3. The molecule has 21 nitrogen and oxygen atoms in total. The van der Waals surface area contributed by atoms with E-state index in [-0.39, 0.29) is 17.7 Å².